The van der Waals surface area contributed by atoms with Crippen LogP contribution in [0.3, 0.4) is 0 Å². The molecule has 5 nitrogen and oxygen atoms in total. The summed E-state index contributed by atoms with van der Waals surface area (Å²) in [6, 6.07) is -0.597. The van der Waals surface area contributed by atoms with E-state index in [-0.39, 0.29) is 11.3 Å². The van der Waals surface area contributed by atoms with Gasteiger partial charge in [0.2, 0.25) is 5.91 Å². The van der Waals surface area contributed by atoms with Crippen molar-refractivity contribution in [1.29, 1.82) is 0 Å². The molecule has 0 fully saturated rings. The summed E-state index contributed by atoms with van der Waals surface area (Å²) in [6.07, 6.45) is 2.09. The number of nitrogens with one attached hydrogen (secondary N) is 1. The second kappa shape index (κ2) is 8.15. The summed E-state index contributed by atoms with van der Waals surface area (Å²) in [5.74, 6) is -0.150. The molecule has 0 aliphatic carbocycles. The Labute approximate surface area is 116 Å². The Morgan fingerprint density at radius 2 is 1.84 bits per heavy atom. The third-order valence-electron chi connectivity index (χ3n) is 3.39. The first kappa shape index (κ1) is 17.9. The molecule has 0 saturated heterocycles. The first-order valence-corrected chi connectivity index (χ1v) is 6.79. The first-order chi connectivity index (χ1) is 8.72. The van der Waals surface area contributed by atoms with E-state index in [1.165, 1.54) is 7.11 Å². The minimum Gasteiger partial charge on any atom is -0.467 e. The van der Waals surface area contributed by atoms with Crippen LogP contribution in [0.15, 0.2) is 0 Å². The van der Waals surface area contributed by atoms with Crippen LogP contribution in [0.4, 0.5) is 0 Å². The van der Waals surface area contributed by atoms with Gasteiger partial charge in [-0.1, -0.05) is 20.8 Å². The highest BCUT2D eigenvalue weighted by Crippen LogP contribution is 2.31. The van der Waals surface area contributed by atoms with Gasteiger partial charge in [0, 0.05) is 6.42 Å². The van der Waals surface area contributed by atoms with Crippen molar-refractivity contribution in [1.82, 2.24) is 5.32 Å². The molecule has 0 bridgehead atoms. The Morgan fingerprint density at radius 3 is 2.26 bits per heavy atom. The minimum atomic E-state index is -0.597. The van der Waals surface area contributed by atoms with E-state index < -0.39 is 12.0 Å². The van der Waals surface area contributed by atoms with Gasteiger partial charge in [-0.05, 0) is 37.6 Å². The molecule has 0 aromatic rings. The van der Waals surface area contributed by atoms with Crippen LogP contribution >= 0.6 is 0 Å². The van der Waals surface area contributed by atoms with E-state index in [1.54, 1.807) is 6.92 Å². The second-order valence-electron chi connectivity index (χ2n) is 5.99. The van der Waals surface area contributed by atoms with E-state index >= 15 is 0 Å². The number of esters is 1. The molecule has 0 radical (unpaired) electrons. The smallest absolute Gasteiger partial charge is 0.328 e. The molecule has 0 aromatic carbocycles. The summed E-state index contributed by atoms with van der Waals surface area (Å²) >= 11 is 0. The van der Waals surface area contributed by atoms with Crippen LogP contribution in [0, 0.1) is 11.3 Å². The van der Waals surface area contributed by atoms with Gasteiger partial charge in [0.05, 0.1) is 7.11 Å². The standard InChI is InChI=1S/C14H28N2O3/c1-10(13(18)19-5)16-12(17)7-6-11(8-9-15)14(2,3)4/h10-11H,6-9,15H2,1-5H3,(H,16,17)/t10-,11?/m0/s1. The minimum absolute atomic E-state index is 0.121. The maximum Gasteiger partial charge on any atom is 0.328 e. The van der Waals surface area contributed by atoms with Gasteiger partial charge in [-0.2, -0.15) is 0 Å². The predicted octanol–water partition coefficient (Wildman–Crippen LogP) is 1.46. The average Bonchev–Trinajstić information content (AvgIpc) is 2.31. The van der Waals surface area contributed by atoms with Gasteiger partial charge in [-0.3, -0.25) is 4.79 Å². The Morgan fingerprint density at radius 1 is 1.26 bits per heavy atom. The van der Waals surface area contributed by atoms with Crippen molar-refractivity contribution in [2.24, 2.45) is 17.1 Å². The summed E-state index contributed by atoms with van der Waals surface area (Å²) in [5, 5.41) is 2.63. The fourth-order valence-electron chi connectivity index (χ4n) is 2.07. The summed E-state index contributed by atoms with van der Waals surface area (Å²) in [5.41, 5.74) is 5.74. The average molecular weight is 272 g/mol. The van der Waals surface area contributed by atoms with Crippen molar-refractivity contribution in [3.8, 4) is 0 Å². The highest BCUT2D eigenvalue weighted by Gasteiger charge is 2.25. The molecule has 5 heteroatoms. The van der Waals surface area contributed by atoms with Gasteiger partial charge >= 0.3 is 5.97 Å². The van der Waals surface area contributed by atoms with Crippen molar-refractivity contribution < 1.29 is 14.3 Å². The van der Waals surface area contributed by atoms with Crippen LogP contribution in [0.2, 0.25) is 0 Å². The summed E-state index contributed by atoms with van der Waals surface area (Å²) in [6.45, 7) is 8.71. The Bertz CT molecular complexity index is 298. The van der Waals surface area contributed by atoms with Crippen molar-refractivity contribution in [2.75, 3.05) is 13.7 Å². The zero-order chi connectivity index (χ0) is 15.1. The Hall–Kier alpha value is -1.10. The Balaban J connectivity index is 4.23. The predicted molar refractivity (Wildman–Crippen MR) is 75.5 cm³/mol. The lowest BCUT2D eigenvalue weighted by molar-refractivity contribution is -0.144. The molecule has 1 unspecified atom stereocenters. The molecule has 0 heterocycles. The zero-order valence-corrected chi connectivity index (χ0v) is 12.8. The van der Waals surface area contributed by atoms with E-state index in [9.17, 15) is 9.59 Å². The number of ether oxygens (including phenoxy) is 1. The summed E-state index contributed by atoms with van der Waals surface area (Å²) < 4.78 is 4.56. The van der Waals surface area contributed by atoms with Gasteiger partial charge in [-0.25, -0.2) is 4.79 Å². The second-order valence-corrected chi connectivity index (χ2v) is 5.99. The van der Waals surface area contributed by atoms with Gasteiger partial charge < -0.3 is 15.8 Å². The molecule has 19 heavy (non-hydrogen) atoms. The topological polar surface area (TPSA) is 81.4 Å². The lowest BCUT2D eigenvalue weighted by Gasteiger charge is -2.30. The lowest BCUT2D eigenvalue weighted by Crippen LogP contribution is -2.39. The zero-order valence-electron chi connectivity index (χ0n) is 12.8. The maximum absolute atomic E-state index is 11.8. The molecule has 1 amide bonds. The largest absolute Gasteiger partial charge is 0.467 e. The van der Waals surface area contributed by atoms with Crippen LogP contribution in [0.1, 0.15) is 47.0 Å². The number of rotatable bonds is 7. The molecule has 0 rings (SSSR count). The van der Waals surface area contributed by atoms with E-state index in [2.05, 4.69) is 30.8 Å². The fraction of sp³-hybridized carbons (Fsp3) is 0.857. The van der Waals surface area contributed by atoms with Gasteiger partial charge in [0.15, 0.2) is 0 Å². The van der Waals surface area contributed by atoms with Crippen molar-refractivity contribution >= 4 is 11.9 Å². The fourth-order valence-corrected chi connectivity index (χ4v) is 2.07. The van der Waals surface area contributed by atoms with E-state index in [4.69, 9.17) is 5.73 Å². The molecule has 3 N–H and O–H groups in total. The molecule has 0 saturated carbocycles. The highest BCUT2D eigenvalue weighted by molar-refractivity contribution is 5.83. The van der Waals surface area contributed by atoms with Crippen LogP contribution < -0.4 is 11.1 Å². The number of carbonyl (C=O) groups excluding carboxylic acids is 2. The lowest BCUT2D eigenvalue weighted by atomic mass is 9.76. The van der Waals surface area contributed by atoms with Crippen LogP contribution in [-0.2, 0) is 14.3 Å². The molecule has 0 aliphatic heterocycles. The molecular weight excluding hydrogens is 244 g/mol. The normalized spacial score (nSPS) is 14.6. The molecular formula is C14H28N2O3. The molecule has 0 spiro atoms. The number of methoxy groups -OCH3 is 1. The highest BCUT2D eigenvalue weighted by atomic mass is 16.5. The third kappa shape index (κ3) is 7.15. The number of amides is 1. The van der Waals surface area contributed by atoms with Crippen molar-refractivity contribution in [3.05, 3.63) is 0 Å². The van der Waals surface area contributed by atoms with Gasteiger partial charge in [0.25, 0.3) is 0 Å². The molecule has 0 aliphatic rings. The van der Waals surface area contributed by atoms with E-state index in [1.807, 2.05) is 0 Å². The van der Waals surface area contributed by atoms with Crippen molar-refractivity contribution in [3.63, 3.8) is 0 Å². The molecule has 2 atom stereocenters. The maximum atomic E-state index is 11.8. The molecule has 112 valence electrons. The monoisotopic (exact) mass is 272 g/mol. The van der Waals surface area contributed by atoms with Crippen LogP contribution in [0.25, 0.3) is 0 Å². The number of hydrogen-bond acceptors (Lipinski definition) is 4. The third-order valence-corrected chi connectivity index (χ3v) is 3.39. The quantitative estimate of drug-likeness (QED) is 0.687. The Kier molecular flexibility index (Phi) is 7.68. The van der Waals surface area contributed by atoms with Crippen LogP contribution in [0.5, 0.6) is 0 Å². The van der Waals surface area contributed by atoms with Gasteiger partial charge in [-0.15, -0.1) is 0 Å². The first-order valence-electron chi connectivity index (χ1n) is 6.79. The number of hydrogen-bond donors (Lipinski definition) is 2. The van der Waals surface area contributed by atoms with Gasteiger partial charge in [0.1, 0.15) is 6.04 Å². The summed E-state index contributed by atoms with van der Waals surface area (Å²) in [7, 11) is 1.31. The molecule has 0 aromatic heterocycles. The van der Waals surface area contributed by atoms with E-state index in [0.29, 0.717) is 18.9 Å². The van der Waals surface area contributed by atoms with E-state index in [0.717, 1.165) is 12.8 Å². The number of carbonyl (C=O) groups is 2. The summed E-state index contributed by atoms with van der Waals surface area (Å²) in [4.78, 5) is 23.0. The number of nitrogens with two attached hydrogens (primary N) is 1. The van der Waals surface area contributed by atoms with Crippen molar-refractivity contribution in [2.45, 2.75) is 53.0 Å². The van der Waals surface area contributed by atoms with Crippen LogP contribution in [-0.4, -0.2) is 31.6 Å². The SMILES string of the molecule is COC(=O)[C@H](C)NC(=O)CCC(CCN)C(C)(C)C.